The summed E-state index contributed by atoms with van der Waals surface area (Å²) in [5, 5.41) is 9.80. The number of carboxylic acid groups (broad SMARTS) is 1. The summed E-state index contributed by atoms with van der Waals surface area (Å²) >= 11 is 0. The minimum Gasteiger partial charge on any atom is -0.481 e. The Kier molecular flexibility index (Phi) is 3.18. The third kappa shape index (κ3) is 2.27. The summed E-state index contributed by atoms with van der Waals surface area (Å²) in [6, 6.07) is 8.06. The third-order valence-electron chi connectivity index (χ3n) is 3.79. The van der Waals surface area contributed by atoms with E-state index >= 15 is 0 Å². The molecule has 0 radical (unpaired) electrons. The fourth-order valence-corrected chi connectivity index (χ4v) is 2.75. The lowest BCUT2D eigenvalue weighted by Crippen LogP contribution is -2.35. The fourth-order valence-electron chi connectivity index (χ4n) is 2.75. The summed E-state index contributed by atoms with van der Waals surface area (Å²) in [4.78, 5) is 27.7. The second-order valence-electron chi connectivity index (χ2n) is 5.09. The Morgan fingerprint density at radius 1 is 1.25 bits per heavy atom. The first kappa shape index (κ1) is 12.7. The van der Waals surface area contributed by atoms with E-state index < -0.39 is 5.97 Å². The molecule has 5 heteroatoms. The lowest BCUT2D eigenvalue weighted by molar-refractivity contribution is -0.141. The molecule has 1 aliphatic rings. The van der Waals surface area contributed by atoms with Crippen LogP contribution in [0.3, 0.4) is 0 Å². The Bertz CT molecular complexity index is 675. The van der Waals surface area contributed by atoms with Crippen molar-refractivity contribution in [3.05, 3.63) is 35.5 Å². The van der Waals surface area contributed by atoms with E-state index in [0.29, 0.717) is 13.1 Å². The second-order valence-corrected chi connectivity index (χ2v) is 5.09. The molecule has 0 aliphatic carbocycles. The maximum absolute atomic E-state index is 12.0. The summed E-state index contributed by atoms with van der Waals surface area (Å²) in [7, 11) is 0. The van der Waals surface area contributed by atoms with E-state index in [2.05, 4.69) is 11.1 Å². The van der Waals surface area contributed by atoms with Gasteiger partial charge in [-0.25, -0.2) is 0 Å². The van der Waals surface area contributed by atoms with Crippen molar-refractivity contribution >= 4 is 22.8 Å². The molecule has 2 N–H and O–H groups in total. The molecule has 104 valence electrons. The Hall–Kier alpha value is -2.30. The lowest BCUT2D eigenvalue weighted by atomic mass is 10.0. The minimum atomic E-state index is -0.928. The molecule has 0 atom stereocenters. The lowest BCUT2D eigenvalue weighted by Gasteiger charge is -2.27. The van der Waals surface area contributed by atoms with E-state index in [9.17, 15) is 9.59 Å². The van der Waals surface area contributed by atoms with Gasteiger partial charge in [-0.05, 0) is 6.07 Å². The molecule has 0 spiro atoms. The van der Waals surface area contributed by atoms with Gasteiger partial charge in [-0.1, -0.05) is 18.2 Å². The molecule has 1 aromatic carbocycles. The predicted octanol–water partition coefficient (Wildman–Crippen LogP) is 1.92. The first-order chi connectivity index (χ1) is 9.65. The van der Waals surface area contributed by atoms with Gasteiger partial charge in [-0.2, -0.15) is 0 Å². The number of hydrogen-bond acceptors (Lipinski definition) is 2. The van der Waals surface area contributed by atoms with Crippen LogP contribution < -0.4 is 0 Å². The zero-order valence-electron chi connectivity index (χ0n) is 11.1. The number of carbonyl (C=O) groups excluding carboxylic acids is 1. The molecule has 3 rings (SSSR count). The highest BCUT2D eigenvalue weighted by Gasteiger charge is 2.23. The van der Waals surface area contributed by atoms with Crippen LogP contribution in [-0.4, -0.2) is 33.4 Å². The molecule has 1 amide bonds. The summed E-state index contributed by atoms with van der Waals surface area (Å²) in [5.74, 6) is -1.01. The van der Waals surface area contributed by atoms with Crippen molar-refractivity contribution in [2.45, 2.75) is 25.8 Å². The highest BCUT2D eigenvalue weighted by molar-refractivity contribution is 5.86. The number of benzene rings is 1. The van der Waals surface area contributed by atoms with Crippen molar-refractivity contribution in [1.29, 1.82) is 0 Å². The SMILES string of the molecule is O=C(O)CCC(=O)N1CCc2[nH]c3ccccc3c2C1. The van der Waals surface area contributed by atoms with Crippen LogP contribution in [0.2, 0.25) is 0 Å². The molecular formula is C15H16N2O3. The van der Waals surface area contributed by atoms with Crippen molar-refractivity contribution in [1.82, 2.24) is 9.88 Å². The van der Waals surface area contributed by atoms with Gasteiger partial charge in [0, 0.05) is 48.1 Å². The standard InChI is InChI=1S/C15H16N2O3/c18-14(5-6-15(19)20)17-8-7-13-11(9-17)10-3-1-2-4-12(10)16-13/h1-4,16H,5-9H2,(H,19,20). The van der Waals surface area contributed by atoms with E-state index in [1.54, 1.807) is 4.90 Å². The Labute approximate surface area is 116 Å². The number of carboxylic acids is 1. The quantitative estimate of drug-likeness (QED) is 0.896. The second kappa shape index (κ2) is 5.00. The van der Waals surface area contributed by atoms with Gasteiger partial charge in [-0.15, -0.1) is 0 Å². The van der Waals surface area contributed by atoms with Crippen molar-refractivity contribution in [2.75, 3.05) is 6.54 Å². The van der Waals surface area contributed by atoms with Crippen LogP contribution >= 0.6 is 0 Å². The smallest absolute Gasteiger partial charge is 0.303 e. The molecule has 0 saturated heterocycles. The number of aliphatic carboxylic acids is 1. The van der Waals surface area contributed by atoms with Crippen LogP contribution in [0, 0.1) is 0 Å². The monoisotopic (exact) mass is 272 g/mol. The molecule has 0 fully saturated rings. The van der Waals surface area contributed by atoms with Gasteiger partial charge in [0.25, 0.3) is 0 Å². The van der Waals surface area contributed by atoms with E-state index in [1.165, 1.54) is 5.69 Å². The summed E-state index contributed by atoms with van der Waals surface area (Å²) in [5.41, 5.74) is 3.45. The van der Waals surface area contributed by atoms with Crippen LogP contribution in [0.15, 0.2) is 24.3 Å². The van der Waals surface area contributed by atoms with Crippen LogP contribution in [0.1, 0.15) is 24.1 Å². The van der Waals surface area contributed by atoms with E-state index in [0.717, 1.165) is 22.9 Å². The first-order valence-electron chi connectivity index (χ1n) is 6.73. The number of H-pyrrole nitrogens is 1. The van der Waals surface area contributed by atoms with Crippen molar-refractivity contribution in [3.63, 3.8) is 0 Å². The molecule has 2 heterocycles. The Balaban J connectivity index is 1.80. The number of nitrogens with zero attached hydrogens (tertiary/aromatic N) is 1. The molecule has 0 saturated carbocycles. The fraction of sp³-hybridized carbons (Fsp3) is 0.333. The average molecular weight is 272 g/mol. The highest BCUT2D eigenvalue weighted by atomic mass is 16.4. The third-order valence-corrected chi connectivity index (χ3v) is 3.79. The van der Waals surface area contributed by atoms with Crippen LogP contribution in [-0.2, 0) is 22.6 Å². The average Bonchev–Trinajstić information content (AvgIpc) is 2.82. The van der Waals surface area contributed by atoms with Crippen molar-refractivity contribution in [2.24, 2.45) is 0 Å². The predicted molar refractivity (Wildman–Crippen MR) is 74.3 cm³/mol. The molecule has 1 aliphatic heterocycles. The van der Waals surface area contributed by atoms with Gasteiger partial charge in [-0.3, -0.25) is 9.59 Å². The van der Waals surface area contributed by atoms with Gasteiger partial charge in [0.2, 0.25) is 5.91 Å². The number of rotatable bonds is 3. The molecular weight excluding hydrogens is 256 g/mol. The van der Waals surface area contributed by atoms with Gasteiger partial charge >= 0.3 is 5.97 Å². The summed E-state index contributed by atoms with van der Waals surface area (Å²) in [6.07, 6.45) is 0.770. The number of carbonyl (C=O) groups is 2. The number of nitrogens with one attached hydrogen (secondary N) is 1. The van der Waals surface area contributed by atoms with E-state index in [1.807, 2.05) is 18.2 Å². The molecule has 0 bridgehead atoms. The van der Waals surface area contributed by atoms with E-state index in [-0.39, 0.29) is 18.7 Å². The molecule has 0 unspecified atom stereocenters. The highest BCUT2D eigenvalue weighted by Crippen LogP contribution is 2.27. The van der Waals surface area contributed by atoms with Crippen molar-refractivity contribution in [3.8, 4) is 0 Å². The number of amides is 1. The van der Waals surface area contributed by atoms with Gasteiger partial charge in [0.15, 0.2) is 0 Å². The maximum Gasteiger partial charge on any atom is 0.303 e. The molecule has 1 aromatic heterocycles. The zero-order chi connectivity index (χ0) is 14.1. The number of aromatic nitrogens is 1. The van der Waals surface area contributed by atoms with Gasteiger partial charge in [0.05, 0.1) is 6.42 Å². The van der Waals surface area contributed by atoms with Crippen molar-refractivity contribution < 1.29 is 14.7 Å². The van der Waals surface area contributed by atoms with E-state index in [4.69, 9.17) is 5.11 Å². The molecule has 5 nitrogen and oxygen atoms in total. The summed E-state index contributed by atoms with van der Waals surface area (Å²) in [6.45, 7) is 1.22. The maximum atomic E-state index is 12.0. The number of fused-ring (bicyclic) bond motifs is 3. The number of hydrogen-bond donors (Lipinski definition) is 2. The number of aromatic amines is 1. The van der Waals surface area contributed by atoms with Gasteiger partial charge < -0.3 is 15.0 Å². The van der Waals surface area contributed by atoms with Gasteiger partial charge in [0.1, 0.15) is 0 Å². The molecule has 20 heavy (non-hydrogen) atoms. The normalized spacial score (nSPS) is 14.3. The topological polar surface area (TPSA) is 73.4 Å². The Morgan fingerprint density at radius 3 is 2.85 bits per heavy atom. The Morgan fingerprint density at radius 2 is 2.05 bits per heavy atom. The number of para-hydroxylation sites is 1. The van der Waals surface area contributed by atoms with Crippen LogP contribution in [0.4, 0.5) is 0 Å². The van der Waals surface area contributed by atoms with Crippen LogP contribution in [0.5, 0.6) is 0 Å². The summed E-state index contributed by atoms with van der Waals surface area (Å²) < 4.78 is 0. The molecule has 2 aromatic rings. The zero-order valence-corrected chi connectivity index (χ0v) is 11.1. The minimum absolute atomic E-state index is 0.0764. The first-order valence-corrected chi connectivity index (χ1v) is 6.73. The van der Waals surface area contributed by atoms with Crippen LogP contribution in [0.25, 0.3) is 10.9 Å². The largest absolute Gasteiger partial charge is 0.481 e.